The van der Waals surface area contributed by atoms with Gasteiger partial charge in [0.15, 0.2) is 0 Å². The van der Waals surface area contributed by atoms with Crippen LogP contribution in [-0.4, -0.2) is 47.6 Å². The number of amides is 2. The average molecular weight is 299 g/mol. The molecular formula is C15H29N3O3. The lowest BCUT2D eigenvalue weighted by Crippen LogP contribution is -2.59. The number of morpholine rings is 1. The molecule has 1 aliphatic heterocycles. The highest BCUT2D eigenvalue weighted by Gasteiger charge is 2.35. The molecule has 0 aromatic heterocycles. The summed E-state index contributed by atoms with van der Waals surface area (Å²) in [6.07, 6.45) is 0.482. The molecule has 1 aliphatic rings. The molecule has 2 atom stereocenters. The molecule has 0 aliphatic carbocycles. The lowest BCUT2D eigenvalue weighted by atomic mass is 10.0. The fourth-order valence-electron chi connectivity index (χ4n) is 2.62. The minimum absolute atomic E-state index is 0.0829. The standard InChI is InChI=1S/C15H29N3O3/c1-10(2)7-13(19)16-17-14(20)12(4)18-8-11(3)21-15(5,6)9-18/h10-12H,7-9H2,1-6H3,(H,16,19)(H,17,20). The maximum atomic E-state index is 12.1. The lowest BCUT2D eigenvalue weighted by Gasteiger charge is -2.43. The van der Waals surface area contributed by atoms with Gasteiger partial charge in [0, 0.05) is 19.5 Å². The molecule has 6 nitrogen and oxygen atoms in total. The van der Waals surface area contributed by atoms with Gasteiger partial charge in [0.05, 0.1) is 17.7 Å². The van der Waals surface area contributed by atoms with Crippen molar-refractivity contribution < 1.29 is 14.3 Å². The highest BCUT2D eigenvalue weighted by atomic mass is 16.5. The van der Waals surface area contributed by atoms with Gasteiger partial charge < -0.3 is 4.74 Å². The predicted octanol–water partition coefficient (Wildman–Crippen LogP) is 1.07. The van der Waals surface area contributed by atoms with Gasteiger partial charge >= 0.3 is 0 Å². The molecule has 0 aromatic carbocycles. The van der Waals surface area contributed by atoms with Crippen LogP contribution in [0.3, 0.4) is 0 Å². The Hall–Kier alpha value is -1.14. The number of hydrogen-bond acceptors (Lipinski definition) is 4. The second kappa shape index (κ2) is 7.22. The van der Waals surface area contributed by atoms with E-state index < -0.39 is 0 Å². The van der Waals surface area contributed by atoms with Gasteiger partial charge in [-0.25, -0.2) is 0 Å². The van der Waals surface area contributed by atoms with E-state index in [-0.39, 0.29) is 35.5 Å². The quantitative estimate of drug-likeness (QED) is 0.762. The Balaban J connectivity index is 2.48. The third kappa shape index (κ3) is 6.01. The topological polar surface area (TPSA) is 70.7 Å². The van der Waals surface area contributed by atoms with Crippen LogP contribution in [0, 0.1) is 5.92 Å². The van der Waals surface area contributed by atoms with E-state index in [1.165, 1.54) is 0 Å². The van der Waals surface area contributed by atoms with Crippen molar-refractivity contribution in [2.24, 2.45) is 5.92 Å². The van der Waals surface area contributed by atoms with Crippen LogP contribution in [0.1, 0.15) is 48.0 Å². The van der Waals surface area contributed by atoms with Gasteiger partial charge in [0.2, 0.25) is 5.91 Å². The van der Waals surface area contributed by atoms with Crippen LogP contribution in [0.5, 0.6) is 0 Å². The van der Waals surface area contributed by atoms with Gasteiger partial charge in [-0.3, -0.25) is 25.3 Å². The number of ether oxygens (including phenoxy) is 1. The number of hydrogen-bond donors (Lipinski definition) is 2. The molecule has 0 bridgehead atoms. The number of nitrogens with one attached hydrogen (secondary N) is 2. The smallest absolute Gasteiger partial charge is 0.255 e. The van der Waals surface area contributed by atoms with Crippen molar-refractivity contribution in [1.29, 1.82) is 0 Å². The molecule has 1 fully saturated rings. The monoisotopic (exact) mass is 299 g/mol. The second-order valence-corrected chi connectivity index (χ2v) is 6.93. The van der Waals surface area contributed by atoms with E-state index in [1.54, 1.807) is 0 Å². The first kappa shape index (κ1) is 17.9. The Bertz CT molecular complexity index is 382. The summed E-state index contributed by atoms with van der Waals surface area (Å²) in [4.78, 5) is 25.8. The summed E-state index contributed by atoms with van der Waals surface area (Å²) in [5, 5.41) is 0. The normalized spacial score (nSPS) is 23.7. The second-order valence-electron chi connectivity index (χ2n) is 6.93. The van der Waals surface area contributed by atoms with Crippen molar-refractivity contribution in [3.8, 4) is 0 Å². The minimum atomic E-state index is -0.310. The zero-order valence-corrected chi connectivity index (χ0v) is 14.0. The van der Waals surface area contributed by atoms with E-state index in [1.807, 2.05) is 41.5 Å². The van der Waals surface area contributed by atoms with Gasteiger partial charge in [-0.15, -0.1) is 0 Å². The molecule has 0 aromatic rings. The number of nitrogens with zero attached hydrogens (tertiary/aromatic N) is 1. The maximum Gasteiger partial charge on any atom is 0.255 e. The van der Waals surface area contributed by atoms with Gasteiger partial charge in [0.1, 0.15) is 0 Å². The Labute approximate surface area is 127 Å². The molecule has 122 valence electrons. The fraction of sp³-hybridized carbons (Fsp3) is 0.867. The summed E-state index contributed by atoms with van der Waals surface area (Å²) in [5.41, 5.74) is 4.70. The summed E-state index contributed by atoms with van der Waals surface area (Å²) in [6.45, 7) is 13.2. The first-order valence-electron chi connectivity index (χ1n) is 7.61. The van der Waals surface area contributed by atoms with Crippen LogP contribution in [0.25, 0.3) is 0 Å². The van der Waals surface area contributed by atoms with Crippen LogP contribution in [-0.2, 0) is 14.3 Å². The average Bonchev–Trinajstić information content (AvgIpc) is 2.31. The van der Waals surface area contributed by atoms with Crippen molar-refractivity contribution in [1.82, 2.24) is 15.8 Å². The zero-order chi connectivity index (χ0) is 16.2. The summed E-state index contributed by atoms with van der Waals surface area (Å²) in [6, 6.07) is -0.310. The van der Waals surface area contributed by atoms with Crippen LogP contribution in [0.4, 0.5) is 0 Å². The Morgan fingerprint density at radius 3 is 2.43 bits per heavy atom. The maximum absolute atomic E-state index is 12.1. The largest absolute Gasteiger partial charge is 0.370 e. The Kier molecular flexibility index (Phi) is 6.16. The SMILES string of the molecule is CC(C)CC(=O)NNC(=O)C(C)N1CC(C)OC(C)(C)C1. The highest BCUT2D eigenvalue weighted by Crippen LogP contribution is 2.22. The number of carbonyl (C=O) groups is 2. The molecule has 2 unspecified atom stereocenters. The van der Waals surface area contributed by atoms with Crippen molar-refractivity contribution in [2.45, 2.75) is 65.7 Å². The first-order chi connectivity index (χ1) is 9.60. The summed E-state index contributed by atoms with van der Waals surface area (Å²) < 4.78 is 5.83. The van der Waals surface area contributed by atoms with E-state index in [4.69, 9.17) is 4.74 Å². The van der Waals surface area contributed by atoms with Crippen molar-refractivity contribution >= 4 is 11.8 Å². The highest BCUT2D eigenvalue weighted by molar-refractivity contribution is 5.85. The van der Waals surface area contributed by atoms with Crippen LogP contribution < -0.4 is 10.9 Å². The van der Waals surface area contributed by atoms with Gasteiger partial charge in [-0.05, 0) is 33.6 Å². The molecule has 1 saturated heterocycles. The summed E-state index contributed by atoms with van der Waals surface area (Å²) >= 11 is 0. The molecule has 0 radical (unpaired) electrons. The molecule has 0 spiro atoms. The van der Waals surface area contributed by atoms with Gasteiger partial charge in [-0.1, -0.05) is 13.8 Å². The third-order valence-electron chi connectivity index (χ3n) is 3.44. The Morgan fingerprint density at radius 2 is 1.90 bits per heavy atom. The lowest BCUT2D eigenvalue weighted by molar-refractivity contribution is -0.149. The Morgan fingerprint density at radius 1 is 1.29 bits per heavy atom. The molecule has 21 heavy (non-hydrogen) atoms. The molecule has 1 rings (SSSR count). The molecule has 2 N–H and O–H groups in total. The van der Waals surface area contributed by atoms with Crippen molar-refractivity contribution in [3.05, 3.63) is 0 Å². The van der Waals surface area contributed by atoms with E-state index in [0.29, 0.717) is 19.5 Å². The number of rotatable bonds is 4. The van der Waals surface area contributed by atoms with Gasteiger partial charge in [-0.2, -0.15) is 0 Å². The van der Waals surface area contributed by atoms with E-state index in [0.717, 1.165) is 0 Å². The molecule has 2 amide bonds. The number of carbonyl (C=O) groups excluding carboxylic acids is 2. The van der Waals surface area contributed by atoms with Gasteiger partial charge in [0.25, 0.3) is 5.91 Å². The summed E-state index contributed by atoms with van der Waals surface area (Å²) in [7, 11) is 0. The number of hydrazine groups is 1. The van der Waals surface area contributed by atoms with Crippen molar-refractivity contribution in [2.75, 3.05) is 13.1 Å². The van der Waals surface area contributed by atoms with Crippen LogP contribution >= 0.6 is 0 Å². The van der Waals surface area contributed by atoms with Crippen LogP contribution in [0.2, 0.25) is 0 Å². The molecule has 1 heterocycles. The van der Waals surface area contributed by atoms with Crippen LogP contribution in [0.15, 0.2) is 0 Å². The minimum Gasteiger partial charge on any atom is -0.370 e. The van der Waals surface area contributed by atoms with E-state index in [9.17, 15) is 9.59 Å². The predicted molar refractivity (Wildman–Crippen MR) is 81.4 cm³/mol. The fourth-order valence-corrected chi connectivity index (χ4v) is 2.62. The summed E-state index contributed by atoms with van der Waals surface area (Å²) in [5.74, 6) is -0.0987. The van der Waals surface area contributed by atoms with E-state index in [2.05, 4.69) is 15.8 Å². The first-order valence-corrected chi connectivity index (χ1v) is 7.61. The van der Waals surface area contributed by atoms with E-state index >= 15 is 0 Å². The molecule has 6 heteroatoms. The molecular weight excluding hydrogens is 270 g/mol. The third-order valence-corrected chi connectivity index (χ3v) is 3.44. The zero-order valence-electron chi connectivity index (χ0n) is 14.0. The molecule has 0 saturated carbocycles. The van der Waals surface area contributed by atoms with Crippen molar-refractivity contribution in [3.63, 3.8) is 0 Å².